The summed E-state index contributed by atoms with van der Waals surface area (Å²) < 4.78 is 1.80. The van der Waals surface area contributed by atoms with Crippen LogP contribution >= 0.6 is 31.9 Å². The number of rotatable bonds is 2. The van der Waals surface area contributed by atoms with Gasteiger partial charge in [0.05, 0.1) is 11.4 Å². The van der Waals surface area contributed by atoms with E-state index in [0.717, 1.165) is 8.95 Å². The monoisotopic (exact) mass is 470 g/mol. The molecule has 0 saturated carbocycles. The third-order valence-corrected chi connectivity index (χ3v) is 4.55. The van der Waals surface area contributed by atoms with E-state index in [0.29, 0.717) is 22.6 Å². The maximum atomic E-state index is 12.1. The summed E-state index contributed by atoms with van der Waals surface area (Å²) in [6, 6.07) is 14.0. The molecule has 3 rings (SSSR count). The number of hydrogen-bond donors (Lipinski definition) is 0. The number of allylic oxidation sites excluding steroid dienone is 4. The number of carbonyl (C=O) groups excluding carboxylic acids is 2. The van der Waals surface area contributed by atoms with Gasteiger partial charge < -0.3 is 0 Å². The van der Waals surface area contributed by atoms with Gasteiger partial charge in [0.1, 0.15) is 0 Å². The largest absolute Gasteiger partial charge is 0.277 e. The fourth-order valence-electron chi connectivity index (χ4n) is 2.15. The molecule has 0 unspecified atom stereocenters. The van der Waals surface area contributed by atoms with E-state index >= 15 is 0 Å². The standard InChI is InChI=1S/C20H12Br2N2O2/c21-15-5-1-13(2-6-15)19(25)23-17-9-11-18(12-10-17)24-20(26)14-3-7-16(22)8-4-14/h1-12H. The first-order chi connectivity index (χ1) is 12.5. The van der Waals surface area contributed by atoms with Gasteiger partial charge in [-0.05, 0) is 72.8 Å². The molecule has 0 bridgehead atoms. The average Bonchev–Trinajstić information content (AvgIpc) is 2.64. The Morgan fingerprint density at radius 1 is 0.577 bits per heavy atom. The van der Waals surface area contributed by atoms with E-state index in [1.807, 2.05) is 0 Å². The lowest BCUT2D eigenvalue weighted by atomic mass is 10.1. The third kappa shape index (κ3) is 4.80. The Labute approximate surface area is 167 Å². The number of hydrogen-bond acceptors (Lipinski definition) is 2. The molecule has 0 radical (unpaired) electrons. The molecular weight excluding hydrogens is 460 g/mol. The van der Waals surface area contributed by atoms with E-state index in [9.17, 15) is 9.59 Å². The van der Waals surface area contributed by atoms with Crippen molar-refractivity contribution in [2.24, 2.45) is 9.98 Å². The van der Waals surface area contributed by atoms with E-state index < -0.39 is 0 Å². The highest BCUT2D eigenvalue weighted by Crippen LogP contribution is 2.13. The van der Waals surface area contributed by atoms with Gasteiger partial charge in [0.15, 0.2) is 0 Å². The molecule has 0 atom stereocenters. The van der Waals surface area contributed by atoms with Gasteiger partial charge in [-0.1, -0.05) is 31.9 Å². The molecule has 4 nitrogen and oxygen atoms in total. The molecule has 0 aromatic heterocycles. The van der Waals surface area contributed by atoms with Crippen molar-refractivity contribution < 1.29 is 9.59 Å². The van der Waals surface area contributed by atoms with Crippen LogP contribution in [0.1, 0.15) is 20.7 Å². The maximum Gasteiger partial charge on any atom is 0.277 e. The Morgan fingerprint density at radius 2 is 0.885 bits per heavy atom. The van der Waals surface area contributed by atoms with Gasteiger partial charge in [0, 0.05) is 20.1 Å². The fourth-order valence-corrected chi connectivity index (χ4v) is 2.68. The van der Waals surface area contributed by atoms with Crippen LogP contribution in [0.3, 0.4) is 0 Å². The molecule has 0 aliphatic heterocycles. The summed E-state index contributed by atoms with van der Waals surface area (Å²) in [5.74, 6) is -0.652. The first-order valence-electron chi connectivity index (χ1n) is 7.64. The molecule has 0 spiro atoms. The number of nitrogens with zero attached hydrogens (tertiary/aromatic N) is 2. The van der Waals surface area contributed by atoms with E-state index in [1.165, 1.54) is 0 Å². The molecule has 1 aliphatic rings. The molecule has 6 heteroatoms. The summed E-state index contributed by atoms with van der Waals surface area (Å²) in [5.41, 5.74) is 2.03. The lowest BCUT2D eigenvalue weighted by Crippen LogP contribution is -2.06. The molecule has 1 aliphatic carbocycles. The summed E-state index contributed by atoms with van der Waals surface area (Å²) in [7, 11) is 0. The summed E-state index contributed by atoms with van der Waals surface area (Å²) in [6.07, 6.45) is 6.63. The number of carbonyl (C=O) groups is 2. The fraction of sp³-hybridized carbons (Fsp3) is 0. The summed E-state index contributed by atoms with van der Waals surface area (Å²) in [5, 5.41) is 0. The van der Waals surface area contributed by atoms with Gasteiger partial charge in [0.2, 0.25) is 0 Å². The van der Waals surface area contributed by atoms with Crippen molar-refractivity contribution in [3.05, 3.63) is 92.9 Å². The van der Waals surface area contributed by atoms with Gasteiger partial charge in [-0.25, -0.2) is 9.98 Å². The minimum atomic E-state index is -0.326. The van der Waals surface area contributed by atoms with E-state index in [-0.39, 0.29) is 11.8 Å². The highest BCUT2D eigenvalue weighted by molar-refractivity contribution is 9.10. The van der Waals surface area contributed by atoms with Gasteiger partial charge in [-0.3, -0.25) is 9.59 Å². The zero-order valence-corrected chi connectivity index (χ0v) is 16.6. The van der Waals surface area contributed by atoms with Crippen LogP contribution in [0.2, 0.25) is 0 Å². The van der Waals surface area contributed by atoms with Crippen molar-refractivity contribution in [1.29, 1.82) is 0 Å². The van der Waals surface area contributed by atoms with Crippen molar-refractivity contribution in [3.63, 3.8) is 0 Å². The first kappa shape index (κ1) is 18.4. The van der Waals surface area contributed by atoms with Crippen molar-refractivity contribution >= 4 is 55.1 Å². The highest BCUT2D eigenvalue weighted by Gasteiger charge is 2.08. The quantitative estimate of drug-likeness (QED) is 0.565. The Balaban J connectivity index is 1.70. The van der Waals surface area contributed by atoms with Crippen molar-refractivity contribution in [2.45, 2.75) is 0 Å². The topological polar surface area (TPSA) is 58.9 Å². The zero-order chi connectivity index (χ0) is 18.5. The van der Waals surface area contributed by atoms with Crippen LogP contribution in [-0.2, 0) is 0 Å². The van der Waals surface area contributed by atoms with Gasteiger partial charge >= 0.3 is 0 Å². The minimum Gasteiger partial charge on any atom is -0.267 e. The van der Waals surface area contributed by atoms with E-state index in [4.69, 9.17) is 0 Å². The molecule has 128 valence electrons. The van der Waals surface area contributed by atoms with Crippen LogP contribution in [0.25, 0.3) is 0 Å². The van der Waals surface area contributed by atoms with Gasteiger partial charge in [0.25, 0.3) is 11.8 Å². The maximum absolute atomic E-state index is 12.1. The van der Waals surface area contributed by atoms with Crippen LogP contribution in [0.15, 0.2) is 91.8 Å². The van der Waals surface area contributed by atoms with Crippen LogP contribution in [0, 0.1) is 0 Å². The zero-order valence-electron chi connectivity index (χ0n) is 13.4. The molecule has 26 heavy (non-hydrogen) atoms. The molecular formula is C20H12Br2N2O2. The second-order valence-corrected chi connectivity index (χ2v) is 7.20. The Bertz CT molecular complexity index is 872. The van der Waals surface area contributed by atoms with Crippen molar-refractivity contribution in [3.8, 4) is 0 Å². The third-order valence-electron chi connectivity index (χ3n) is 3.49. The smallest absolute Gasteiger partial charge is 0.267 e. The predicted molar refractivity (Wildman–Crippen MR) is 110 cm³/mol. The lowest BCUT2D eigenvalue weighted by Gasteiger charge is -2.03. The van der Waals surface area contributed by atoms with Crippen LogP contribution in [-0.4, -0.2) is 23.2 Å². The Kier molecular flexibility index (Phi) is 5.85. The first-order valence-corrected chi connectivity index (χ1v) is 9.23. The average molecular weight is 472 g/mol. The van der Waals surface area contributed by atoms with Crippen LogP contribution in [0.5, 0.6) is 0 Å². The molecule has 0 fully saturated rings. The number of halogens is 2. The van der Waals surface area contributed by atoms with Crippen LogP contribution in [0.4, 0.5) is 0 Å². The van der Waals surface area contributed by atoms with E-state index in [1.54, 1.807) is 72.8 Å². The predicted octanol–water partition coefficient (Wildman–Crippen LogP) is 5.20. The lowest BCUT2D eigenvalue weighted by molar-refractivity contribution is 0.0994. The number of amides is 2. The molecule has 2 aromatic rings. The molecule has 0 heterocycles. The second-order valence-electron chi connectivity index (χ2n) is 5.36. The normalized spacial score (nSPS) is 12.8. The van der Waals surface area contributed by atoms with Gasteiger partial charge in [-0.2, -0.15) is 0 Å². The summed E-state index contributed by atoms with van der Waals surface area (Å²) >= 11 is 6.65. The van der Waals surface area contributed by atoms with E-state index in [2.05, 4.69) is 41.8 Å². The summed E-state index contributed by atoms with van der Waals surface area (Å²) in [4.78, 5) is 32.4. The van der Waals surface area contributed by atoms with Gasteiger partial charge in [-0.15, -0.1) is 0 Å². The van der Waals surface area contributed by atoms with Crippen LogP contribution < -0.4 is 0 Å². The Morgan fingerprint density at radius 3 is 1.19 bits per heavy atom. The molecule has 2 amide bonds. The number of benzene rings is 2. The molecule has 0 N–H and O–H groups in total. The minimum absolute atomic E-state index is 0.326. The summed E-state index contributed by atoms with van der Waals surface area (Å²) in [6.45, 7) is 0. The highest BCUT2D eigenvalue weighted by atomic mass is 79.9. The van der Waals surface area contributed by atoms with Crippen molar-refractivity contribution in [2.75, 3.05) is 0 Å². The molecule has 0 saturated heterocycles. The SMILES string of the molecule is O=C(N=C1C=CC(=NC(=O)c2ccc(Br)cc2)C=C1)c1ccc(Br)cc1. The van der Waals surface area contributed by atoms with Crippen molar-refractivity contribution in [1.82, 2.24) is 0 Å². The Hall–Kier alpha value is -2.44. The number of aliphatic imine (C=N–C) groups is 2. The second kappa shape index (κ2) is 8.29. The molecule has 2 aromatic carbocycles.